The van der Waals surface area contributed by atoms with E-state index in [0.29, 0.717) is 17.2 Å². The van der Waals surface area contributed by atoms with Crippen molar-refractivity contribution in [2.45, 2.75) is 45.9 Å². The largest absolute Gasteiger partial charge is 2.00 e. The Labute approximate surface area is 416 Å². The Kier molecular flexibility index (Phi) is 11.6. The van der Waals surface area contributed by atoms with Gasteiger partial charge in [0.05, 0.1) is 11.1 Å². The van der Waals surface area contributed by atoms with Crippen molar-refractivity contribution >= 4 is 50.6 Å². The van der Waals surface area contributed by atoms with Crippen LogP contribution in [0.2, 0.25) is 0 Å². The summed E-state index contributed by atoms with van der Waals surface area (Å²) in [6, 6.07) is 66.4. The molecule has 8 heteroatoms. The van der Waals surface area contributed by atoms with Crippen molar-refractivity contribution in [3.63, 3.8) is 0 Å². The summed E-state index contributed by atoms with van der Waals surface area (Å²) < 4.78 is 51.0. The Bertz CT molecular complexity index is 3670. The summed E-state index contributed by atoms with van der Waals surface area (Å²) in [6.45, 7) is 10.4. The summed E-state index contributed by atoms with van der Waals surface area (Å²) >= 11 is 0. The number of aromatic nitrogens is 2. The van der Waals surface area contributed by atoms with Crippen LogP contribution in [0.3, 0.4) is 0 Å². The van der Waals surface area contributed by atoms with Gasteiger partial charge in [-0.25, -0.2) is 13.8 Å². The SMILES string of the molecule is [2H]C(C)(C)c1ccccc1-c1cc(Oc2[c-]c3c(cc2)c2ccccc2n3-c2cc(C(C)(C)C)ccn2)[c-]c([N+]2=C=[N+](c3c(-c4ccc(F)cc4)cccc3-c3ccc(F)cc3)c3ccccc32)c1.[Pt+2]. The standard InChI is InChI=1S/C61H46F2N4O.Pt/c1-39(2)49-13-6-7-14-50(49)42-33-46(36-48(34-42)68-47-29-30-54-53-15-8-9-18-55(53)67(58(54)37-47)59-35-43(31-32-64-59)61(3,4)5)65-38-66(57-20-11-10-19-56(57)65)60-51(40-21-25-44(62)26-22-40)16-12-17-52(60)41-23-27-45(63)28-24-41;/h6-35,39H,1-5H3;/q;+2/i39D;. The molecule has 0 spiro atoms. The molecule has 69 heavy (non-hydrogen) atoms. The van der Waals surface area contributed by atoms with E-state index in [9.17, 15) is 10.2 Å². The van der Waals surface area contributed by atoms with E-state index in [4.69, 9.17) is 9.72 Å². The molecule has 0 fully saturated rings. The third-order valence-electron chi connectivity index (χ3n) is 12.6. The number of pyridine rings is 1. The topological polar surface area (TPSA) is 33.1 Å². The van der Waals surface area contributed by atoms with Gasteiger partial charge >= 0.3 is 27.1 Å². The van der Waals surface area contributed by atoms with Crippen LogP contribution in [0.5, 0.6) is 11.5 Å². The summed E-state index contributed by atoms with van der Waals surface area (Å²) in [6.07, 6.45) is 1.87. The summed E-state index contributed by atoms with van der Waals surface area (Å²) in [5.74, 6) is 0.121. The average molecular weight is 1090 g/mol. The minimum absolute atomic E-state index is 0. The zero-order valence-corrected chi connectivity index (χ0v) is 40.9. The molecular weight excluding hydrogens is 1040 g/mol. The van der Waals surface area contributed by atoms with Gasteiger partial charge in [-0.15, -0.1) is 29.1 Å². The van der Waals surface area contributed by atoms with Gasteiger partial charge in [-0.2, -0.15) is 6.07 Å². The molecule has 0 unspecified atom stereocenters. The van der Waals surface area contributed by atoms with E-state index in [-0.39, 0.29) is 38.1 Å². The zero-order chi connectivity index (χ0) is 47.6. The van der Waals surface area contributed by atoms with Crippen LogP contribution in [-0.4, -0.2) is 15.6 Å². The number of ether oxygens (including phenoxy) is 1. The van der Waals surface area contributed by atoms with Gasteiger partial charge in [0.15, 0.2) is 0 Å². The van der Waals surface area contributed by atoms with E-state index in [1.165, 1.54) is 29.8 Å². The minimum atomic E-state index is -0.919. The fourth-order valence-electron chi connectivity index (χ4n) is 9.24. The number of hydrogen-bond acceptors (Lipinski definition) is 2. The van der Waals surface area contributed by atoms with Crippen LogP contribution in [-0.2, 0) is 26.5 Å². The average Bonchev–Trinajstić information content (AvgIpc) is 3.90. The Balaban J connectivity index is 0.00000567. The molecule has 10 aromatic rings. The van der Waals surface area contributed by atoms with Gasteiger partial charge in [0, 0.05) is 36.7 Å². The second-order valence-electron chi connectivity index (χ2n) is 18.3. The van der Waals surface area contributed by atoms with Crippen molar-refractivity contribution in [1.29, 1.82) is 0 Å². The third kappa shape index (κ3) is 8.43. The maximum atomic E-state index is 14.4. The van der Waals surface area contributed by atoms with Gasteiger partial charge in [-0.3, -0.25) is 0 Å². The van der Waals surface area contributed by atoms with Crippen LogP contribution in [0.1, 0.15) is 53.0 Å². The first-order valence-electron chi connectivity index (χ1n) is 23.2. The number of fused-ring (bicyclic) bond motifs is 4. The molecule has 8 aromatic carbocycles. The molecule has 0 aliphatic carbocycles. The molecule has 0 N–H and O–H groups in total. The van der Waals surface area contributed by atoms with E-state index in [0.717, 1.165) is 83.6 Å². The van der Waals surface area contributed by atoms with Gasteiger partial charge in [0.1, 0.15) is 23.1 Å². The van der Waals surface area contributed by atoms with Gasteiger partial charge in [0.25, 0.3) is 11.4 Å². The van der Waals surface area contributed by atoms with Crippen molar-refractivity contribution in [2.24, 2.45) is 0 Å². The molecule has 0 atom stereocenters. The molecule has 0 amide bonds. The number of rotatable bonds is 9. The fourth-order valence-corrected chi connectivity index (χ4v) is 9.24. The van der Waals surface area contributed by atoms with Crippen molar-refractivity contribution in [3.05, 3.63) is 217 Å². The quantitative estimate of drug-likeness (QED) is 0.107. The van der Waals surface area contributed by atoms with E-state index in [1.807, 2.05) is 120 Å². The van der Waals surface area contributed by atoms with Crippen LogP contribution in [0.25, 0.3) is 61.0 Å². The predicted molar refractivity (Wildman–Crippen MR) is 273 cm³/mol. The van der Waals surface area contributed by atoms with Crippen LogP contribution in [0.15, 0.2) is 182 Å². The normalized spacial score (nSPS) is 12.6. The maximum absolute atomic E-state index is 14.4. The van der Waals surface area contributed by atoms with E-state index in [1.54, 1.807) is 24.3 Å². The first-order valence-corrected chi connectivity index (χ1v) is 22.7. The minimum Gasteiger partial charge on any atom is -0.509 e. The van der Waals surface area contributed by atoms with Crippen LogP contribution < -0.4 is 13.9 Å². The first-order chi connectivity index (χ1) is 33.3. The van der Waals surface area contributed by atoms with E-state index >= 15 is 0 Å². The van der Waals surface area contributed by atoms with Crippen LogP contribution in [0.4, 0.5) is 31.5 Å². The third-order valence-corrected chi connectivity index (χ3v) is 12.6. The first kappa shape index (κ1) is 44.0. The molecule has 0 saturated heterocycles. The molecule has 1 aliphatic heterocycles. The van der Waals surface area contributed by atoms with E-state index < -0.39 is 5.89 Å². The molecule has 3 heterocycles. The maximum Gasteiger partial charge on any atom is 2.00 e. The Hall–Kier alpha value is -7.56. The Morgan fingerprint density at radius 3 is 1.93 bits per heavy atom. The summed E-state index contributed by atoms with van der Waals surface area (Å²) in [5.41, 5.74) is 11.8. The number of nitrogens with zero attached hydrogens (tertiary/aromatic N) is 4. The second kappa shape index (κ2) is 18.2. The van der Waals surface area contributed by atoms with Gasteiger partial charge in [0.2, 0.25) is 5.69 Å². The Morgan fingerprint density at radius 2 is 1.25 bits per heavy atom. The second-order valence-corrected chi connectivity index (χ2v) is 18.3. The summed E-state index contributed by atoms with van der Waals surface area (Å²) in [5, 5.41) is 2.10. The van der Waals surface area contributed by atoms with Gasteiger partial charge in [-0.05, 0) is 104 Å². The molecule has 338 valence electrons. The van der Waals surface area contributed by atoms with Crippen molar-refractivity contribution in [2.75, 3.05) is 0 Å². The summed E-state index contributed by atoms with van der Waals surface area (Å²) in [4.78, 5) is 4.87. The number of hydrogen-bond donors (Lipinski definition) is 0. The number of para-hydroxylation sites is 4. The van der Waals surface area contributed by atoms with Crippen LogP contribution in [0, 0.1) is 23.8 Å². The molecular formula is C61H46F2N4OPt+2. The monoisotopic (exact) mass is 1080 g/mol. The Morgan fingerprint density at radius 1 is 0.623 bits per heavy atom. The molecule has 0 bridgehead atoms. The molecule has 5 nitrogen and oxygen atoms in total. The number of benzene rings is 8. The van der Waals surface area contributed by atoms with E-state index in [2.05, 4.69) is 79.9 Å². The predicted octanol–water partition coefficient (Wildman–Crippen LogP) is 16.1. The van der Waals surface area contributed by atoms with Crippen molar-refractivity contribution < 1.29 is 36.0 Å². The van der Waals surface area contributed by atoms with Crippen LogP contribution >= 0.6 is 0 Å². The molecule has 0 radical (unpaired) electrons. The zero-order valence-electron chi connectivity index (χ0n) is 39.6. The molecule has 2 aromatic heterocycles. The molecule has 1 aliphatic rings. The molecule has 0 saturated carbocycles. The van der Waals surface area contributed by atoms with Crippen molar-refractivity contribution in [1.82, 2.24) is 18.7 Å². The fraction of sp³-hybridized carbons (Fsp3) is 0.115. The van der Waals surface area contributed by atoms with Crippen molar-refractivity contribution in [3.8, 4) is 50.7 Å². The van der Waals surface area contributed by atoms with Gasteiger partial charge in [-0.1, -0.05) is 142 Å². The summed E-state index contributed by atoms with van der Waals surface area (Å²) in [7, 11) is 0. The smallest absolute Gasteiger partial charge is 0.509 e. The molecule has 11 rings (SSSR count). The number of halogens is 2. The van der Waals surface area contributed by atoms with Gasteiger partial charge < -0.3 is 9.30 Å².